The molecule has 8 N–H and O–H groups in total. The van der Waals surface area contributed by atoms with Crippen molar-refractivity contribution >= 4 is 5.97 Å². The first kappa shape index (κ1) is 18.6. The maximum atomic E-state index is 11.0. The Labute approximate surface area is 125 Å². The zero-order valence-electron chi connectivity index (χ0n) is 11.6. The molecule has 0 radical (unpaired) electrons. The van der Waals surface area contributed by atoms with Crippen LogP contribution in [0.4, 0.5) is 0 Å². The number of hydrogen-bond donors (Lipinski definition) is 8. The molecule has 0 fully saturated rings. The second-order valence-corrected chi connectivity index (χ2v) is 5.30. The van der Waals surface area contributed by atoms with Gasteiger partial charge in [-0.3, -0.25) is 0 Å². The van der Waals surface area contributed by atoms with Gasteiger partial charge in [0.15, 0.2) is 5.60 Å². The Kier molecular flexibility index (Phi) is 5.68. The fraction of sp³-hybridized carbons (Fsp3) is 0.615. The first-order valence-corrected chi connectivity index (χ1v) is 6.49. The number of aliphatic carboxylic acids is 1. The number of rotatable bonds is 7. The zero-order valence-corrected chi connectivity index (χ0v) is 11.6. The molecule has 0 saturated carbocycles. The smallest absolute Gasteiger partial charge is 0.335 e. The summed E-state index contributed by atoms with van der Waals surface area (Å²) < 4.78 is 0. The lowest BCUT2D eigenvalue weighted by Crippen LogP contribution is -2.59. The van der Waals surface area contributed by atoms with Crippen LogP contribution in [0.1, 0.15) is 12.8 Å². The molecule has 0 saturated heterocycles. The molecule has 0 aromatic rings. The van der Waals surface area contributed by atoms with E-state index in [9.17, 15) is 30.3 Å². The van der Waals surface area contributed by atoms with Crippen LogP contribution in [0.15, 0.2) is 23.5 Å². The second-order valence-electron chi connectivity index (χ2n) is 5.30. The summed E-state index contributed by atoms with van der Waals surface area (Å²) in [5.74, 6) is -2.43. The molecule has 0 aromatic heterocycles. The van der Waals surface area contributed by atoms with Crippen LogP contribution in [0.3, 0.4) is 0 Å². The van der Waals surface area contributed by atoms with Gasteiger partial charge in [0.25, 0.3) is 0 Å². The van der Waals surface area contributed by atoms with Crippen LogP contribution < -0.4 is 0 Å². The van der Waals surface area contributed by atoms with E-state index < -0.39 is 66.8 Å². The van der Waals surface area contributed by atoms with Crippen molar-refractivity contribution in [1.82, 2.24) is 0 Å². The van der Waals surface area contributed by atoms with E-state index in [1.165, 1.54) is 0 Å². The molecule has 9 heteroatoms. The molecule has 0 aliphatic heterocycles. The highest BCUT2D eigenvalue weighted by Crippen LogP contribution is 2.41. The summed E-state index contributed by atoms with van der Waals surface area (Å²) in [4.78, 5) is 11.0. The molecule has 4 atom stereocenters. The third-order valence-electron chi connectivity index (χ3n) is 3.57. The first-order valence-electron chi connectivity index (χ1n) is 6.49. The van der Waals surface area contributed by atoms with Gasteiger partial charge in [0.1, 0.15) is 11.4 Å². The largest absolute Gasteiger partial charge is 0.509 e. The normalized spacial score (nSPS) is 31.2. The van der Waals surface area contributed by atoms with Crippen molar-refractivity contribution in [2.24, 2.45) is 0 Å². The Hall–Kier alpha value is -1.49. The van der Waals surface area contributed by atoms with Crippen LogP contribution >= 0.6 is 0 Å². The lowest BCUT2D eigenvalue weighted by atomic mass is 9.70. The van der Waals surface area contributed by atoms with Gasteiger partial charge in [-0.1, -0.05) is 0 Å². The first-order chi connectivity index (χ1) is 10.1. The molecule has 0 bridgehead atoms. The monoisotopic (exact) mass is 320 g/mol. The average molecular weight is 320 g/mol. The van der Waals surface area contributed by atoms with Crippen molar-refractivity contribution in [2.75, 3.05) is 13.2 Å². The van der Waals surface area contributed by atoms with Crippen molar-refractivity contribution in [2.45, 2.75) is 36.3 Å². The molecule has 1 aliphatic carbocycles. The van der Waals surface area contributed by atoms with E-state index in [4.69, 9.17) is 15.3 Å². The summed E-state index contributed by atoms with van der Waals surface area (Å²) in [5, 5.41) is 76.7. The summed E-state index contributed by atoms with van der Waals surface area (Å²) in [6.45, 7) is -1.55. The second kappa shape index (κ2) is 6.73. The van der Waals surface area contributed by atoms with Crippen LogP contribution in [0, 0.1) is 0 Å². The van der Waals surface area contributed by atoms with E-state index in [-0.39, 0.29) is 0 Å². The summed E-state index contributed by atoms with van der Waals surface area (Å²) in [5.41, 5.74) is -5.55. The molecule has 1 rings (SSSR count). The van der Waals surface area contributed by atoms with Crippen LogP contribution in [0.2, 0.25) is 0 Å². The molecule has 0 aromatic carbocycles. The quantitative estimate of drug-likeness (QED) is 0.250. The van der Waals surface area contributed by atoms with Crippen molar-refractivity contribution < 1.29 is 45.6 Å². The molecule has 9 nitrogen and oxygen atoms in total. The van der Waals surface area contributed by atoms with Crippen LogP contribution in [0.5, 0.6) is 0 Å². The van der Waals surface area contributed by atoms with Gasteiger partial charge >= 0.3 is 5.97 Å². The Bertz CT molecular complexity index is 486. The van der Waals surface area contributed by atoms with Crippen LogP contribution in [-0.2, 0) is 4.79 Å². The van der Waals surface area contributed by atoms with E-state index in [0.717, 1.165) is 6.08 Å². The van der Waals surface area contributed by atoms with Crippen LogP contribution in [-0.4, -0.2) is 83.4 Å². The summed E-state index contributed by atoms with van der Waals surface area (Å²) in [6.07, 6.45) is -3.03. The number of carboxylic acid groups (broad SMARTS) is 1. The van der Waals surface area contributed by atoms with Gasteiger partial charge in [0, 0.05) is 12.8 Å². The predicted octanol–water partition coefficient (Wildman–Crippen LogP) is -2.60. The van der Waals surface area contributed by atoms with Crippen molar-refractivity contribution in [1.29, 1.82) is 0 Å². The average Bonchev–Trinajstić information content (AvgIpc) is 2.44. The minimum atomic E-state index is -2.54. The van der Waals surface area contributed by atoms with Crippen molar-refractivity contribution in [3.63, 3.8) is 0 Å². The lowest BCUT2D eigenvalue weighted by molar-refractivity contribution is -0.158. The minimum Gasteiger partial charge on any atom is -0.509 e. The van der Waals surface area contributed by atoms with Gasteiger partial charge < -0.3 is 40.9 Å². The minimum absolute atomic E-state index is 0.534. The highest BCUT2D eigenvalue weighted by molar-refractivity contribution is 5.91. The van der Waals surface area contributed by atoms with E-state index in [2.05, 4.69) is 0 Å². The molecular formula is C13H20O9. The highest BCUT2D eigenvalue weighted by atomic mass is 16.4. The predicted molar refractivity (Wildman–Crippen MR) is 71.7 cm³/mol. The van der Waals surface area contributed by atoms with Crippen molar-refractivity contribution in [3.8, 4) is 0 Å². The number of carbonyl (C=O) groups is 1. The van der Waals surface area contributed by atoms with E-state index in [1.54, 1.807) is 0 Å². The Morgan fingerprint density at radius 3 is 2.05 bits per heavy atom. The Morgan fingerprint density at radius 2 is 1.59 bits per heavy atom. The molecule has 4 unspecified atom stereocenters. The number of aliphatic hydroxyl groups excluding tert-OH is 5. The highest BCUT2D eigenvalue weighted by Gasteiger charge is 2.55. The topological polar surface area (TPSA) is 179 Å². The zero-order chi connectivity index (χ0) is 17.1. The third-order valence-corrected chi connectivity index (χ3v) is 3.57. The molecule has 22 heavy (non-hydrogen) atoms. The van der Waals surface area contributed by atoms with Gasteiger partial charge in [-0.15, -0.1) is 0 Å². The van der Waals surface area contributed by atoms with E-state index in [1.807, 2.05) is 0 Å². The maximum Gasteiger partial charge on any atom is 0.335 e. The standard InChI is InChI=1S/C13H20O9/c14-5-8(16)3-12(21)2-7(11(19)20)1-10(18)13(12,22)4-9(17)6-15/h1-2,8-9,14-18,21-22H,3-6H2,(H,19,20). The lowest BCUT2D eigenvalue weighted by Gasteiger charge is -2.45. The van der Waals surface area contributed by atoms with Crippen LogP contribution in [0.25, 0.3) is 0 Å². The Balaban J connectivity index is 3.32. The molecule has 1 aliphatic rings. The molecule has 0 spiro atoms. The van der Waals surface area contributed by atoms with Gasteiger partial charge in [-0.05, 0) is 12.2 Å². The fourth-order valence-electron chi connectivity index (χ4n) is 2.37. The summed E-state index contributed by atoms with van der Waals surface area (Å²) >= 11 is 0. The maximum absolute atomic E-state index is 11.0. The SMILES string of the molecule is O=C(O)C1=CC(O)(CC(O)CO)C(O)(CC(O)CO)C(O)=C1. The van der Waals surface area contributed by atoms with Gasteiger partial charge in [-0.2, -0.15) is 0 Å². The summed E-state index contributed by atoms with van der Waals surface area (Å²) in [6, 6.07) is 0. The Morgan fingerprint density at radius 1 is 1.09 bits per heavy atom. The van der Waals surface area contributed by atoms with E-state index in [0.29, 0.717) is 6.08 Å². The van der Waals surface area contributed by atoms with Gasteiger partial charge in [0.2, 0.25) is 0 Å². The molecule has 0 heterocycles. The fourth-order valence-corrected chi connectivity index (χ4v) is 2.37. The third kappa shape index (κ3) is 3.46. The number of hydrogen-bond acceptors (Lipinski definition) is 8. The van der Waals surface area contributed by atoms with Crippen molar-refractivity contribution in [3.05, 3.63) is 23.5 Å². The molecular weight excluding hydrogens is 300 g/mol. The molecule has 126 valence electrons. The van der Waals surface area contributed by atoms with Gasteiger partial charge in [-0.25, -0.2) is 4.79 Å². The molecule has 0 amide bonds. The van der Waals surface area contributed by atoms with E-state index >= 15 is 0 Å². The summed E-state index contributed by atoms with van der Waals surface area (Å²) in [7, 11) is 0. The van der Waals surface area contributed by atoms with Gasteiger partial charge in [0.05, 0.1) is 31.0 Å². The number of carboxylic acids is 1. The number of aliphatic hydroxyl groups is 7.